The van der Waals surface area contributed by atoms with Crippen LogP contribution in [0.2, 0.25) is 0 Å². The highest BCUT2D eigenvalue weighted by Crippen LogP contribution is 2.44. The number of amides is 1. The number of aromatic nitrogens is 7. The van der Waals surface area contributed by atoms with Crippen LogP contribution in [0.5, 0.6) is 0 Å². The van der Waals surface area contributed by atoms with Crippen LogP contribution in [0, 0.1) is 6.92 Å². The van der Waals surface area contributed by atoms with Gasteiger partial charge in [-0.2, -0.15) is 5.10 Å². The number of fused-ring (bicyclic) bond motifs is 1. The van der Waals surface area contributed by atoms with Gasteiger partial charge in [0.15, 0.2) is 17.2 Å². The first kappa shape index (κ1) is 22.8. The first-order valence-corrected chi connectivity index (χ1v) is 11.2. The fraction of sp³-hybridized carbons (Fsp3) is 0.391. The molecular formula is C23H25F2N9O. The smallest absolute Gasteiger partial charge is 0.271 e. The molecule has 1 aliphatic carbocycles. The van der Waals surface area contributed by atoms with Gasteiger partial charge >= 0.3 is 0 Å². The molecule has 10 nitrogen and oxygen atoms in total. The Balaban J connectivity index is 1.59. The average molecular weight is 482 g/mol. The van der Waals surface area contributed by atoms with Crippen LogP contribution in [0.4, 0.5) is 20.3 Å². The van der Waals surface area contributed by atoms with Gasteiger partial charge in [-0.25, -0.2) is 23.7 Å². The zero-order valence-corrected chi connectivity index (χ0v) is 19.6. The van der Waals surface area contributed by atoms with E-state index in [0.29, 0.717) is 28.2 Å². The number of imidazole rings is 1. The number of alkyl halides is 2. The van der Waals surface area contributed by atoms with E-state index in [0.717, 1.165) is 24.1 Å². The van der Waals surface area contributed by atoms with Crippen LogP contribution in [-0.2, 0) is 13.6 Å². The van der Waals surface area contributed by atoms with Crippen molar-refractivity contribution in [2.24, 2.45) is 12.8 Å². The Morgan fingerprint density at radius 1 is 1.29 bits per heavy atom. The minimum absolute atomic E-state index is 0.0522. The fourth-order valence-corrected chi connectivity index (χ4v) is 3.97. The van der Waals surface area contributed by atoms with Crippen LogP contribution < -0.4 is 11.1 Å². The number of pyridine rings is 1. The zero-order chi connectivity index (χ0) is 24.9. The number of carbonyl (C=O) groups is 1. The highest BCUT2D eigenvalue weighted by molar-refractivity contribution is 5.98. The molecule has 1 unspecified atom stereocenters. The van der Waals surface area contributed by atoms with Crippen LogP contribution in [0.1, 0.15) is 47.6 Å². The summed E-state index contributed by atoms with van der Waals surface area (Å²) in [6, 6.07) is 0. The third-order valence-electron chi connectivity index (χ3n) is 6.13. The lowest BCUT2D eigenvalue weighted by Gasteiger charge is -2.17. The van der Waals surface area contributed by atoms with Crippen LogP contribution in [-0.4, -0.2) is 52.5 Å². The van der Waals surface area contributed by atoms with Gasteiger partial charge in [-0.05, 0) is 26.7 Å². The van der Waals surface area contributed by atoms with Gasteiger partial charge in [0.05, 0.1) is 53.6 Å². The molecule has 1 saturated carbocycles. The highest BCUT2D eigenvalue weighted by atomic mass is 19.2. The van der Waals surface area contributed by atoms with Crippen molar-refractivity contribution < 1.29 is 13.6 Å². The predicted molar refractivity (Wildman–Crippen MR) is 126 cm³/mol. The summed E-state index contributed by atoms with van der Waals surface area (Å²) < 4.78 is 30.4. The summed E-state index contributed by atoms with van der Waals surface area (Å²) in [7, 11) is 1.87. The minimum atomic E-state index is -2.05. The van der Waals surface area contributed by atoms with Gasteiger partial charge in [-0.3, -0.25) is 14.5 Å². The molecule has 0 bridgehead atoms. The Morgan fingerprint density at radius 3 is 2.74 bits per heavy atom. The highest BCUT2D eigenvalue weighted by Gasteiger charge is 2.32. The molecule has 5 rings (SSSR count). The molecule has 0 aliphatic heterocycles. The lowest BCUT2D eigenvalue weighted by Crippen LogP contribution is -2.28. The minimum Gasteiger partial charge on any atom is -0.364 e. The number of carbonyl (C=O) groups excluding carboxylic acids is 1. The molecule has 0 spiro atoms. The van der Waals surface area contributed by atoms with Gasteiger partial charge in [0.1, 0.15) is 12.2 Å². The number of hydrogen-bond acceptors (Lipinski definition) is 7. The number of primary amides is 1. The predicted octanol–water partition coefficient (Wildman–Crippen LogP) is 3.35. The van der Waals surface area contributed by atoms with E-state index in [4.69, 9.17) is 10.7 Å². The van der Waals surface area contributed by atoms with E-state index in [1.54, 1.807) is 25.6 Å². The first-order valence-electron chi connectivity index (χ1n) is 11.2. The fourth-order valence-electron chi connectivity index (χ4n) is 3.97. The Hall–Kier alpha value is -3.96. The van der Waals surface area contributed by atoms with Crippen molar-refractivity contribution >= 4 is 28.4 Å². The van der Waals surface area contributed by atoms with Gasteiger partial charge in [-0.15, -0.1) is 0 Å². The molecule has 4 heterocycles. The molecule has 0 aromatic carbocycles. The molecule has 4 aromatic rings. The van der Waals surface area contributed by atoms with E-state index in [-0.39, 0.29) is 24.0 Å². The number of hydrogen-bond donors (Lipinski definition) is 2. The van der Waals surface area contributed by atoms with E-state index >= 15 is 0 Å². The average Bonchev–Trinajstić information content (AvgIpc) is 3.54. The molecule has 0 saturated heterocycles. The molecule has 1 amide bonds. The topological polar surface area (TPSA) is 129 Å². The standard InChI is InChI=1S/C23H25F2N9O/c1-12-15(7-29-34(12)10-23(2,25)9-24)30-22-20(21(26)35)31-19(17(32-22)13-4-5-13)14-6-27-8-16-18(14)28-11-33(16)3/h6-8,11,13H,4-5,9-10H2,1-3H3,(H2,26,35)(H,30,32). The van der Waals surface area contributed by atoms with E-state index in [9.17, 15) is 13.6 Å². The number of nitrogens with zero attached hydrogens (tertiary/aromatic N) is 7. The van der Waals surface area contributed by atoms with E-state index in [2.05, 4.69) is 25.4 Å². The van der Waals surface area contributed by atoms with Crippen molar-refractivity contribution in [3.8, 4) is 11.3 Å². The molecule has 0 radical (unpaired) electrons. The second-order valence-corrected chi connectivity index (χ2v) is 9.18. The van der Waals surface area contributed by atoms with E-state index in [1.165, 1.54) is 17.8 Å². The molecule has 35 heavy (non-hydrogen) atoms. The first-order chi connectivity index (χ1) is 16.7. The lowest BCUT2D eigenvalue weighted by atomic mass is 10.1. The second kappa shape index (κ2) is 8.36. The van der Waals surface area contributed by atoms with Crippen LogP contribution in [0.25, 0.3) is 22.3 Å². The quantitative estimate of drug-likeness (QED) is 0.395. The van der Waals surface area contributed by atoms with Crippen molar-refractivity contribution in [2.45, 2.75) is 44.8 Å². The number of nitrogens with two attached hydrogens (primary N) is 1. The van der Waals surface area contributed by atoms with E-state index < -0.39 is 18.3 Å². The molecule has 1 atom stereocenters. The van der Waals surface area contributed by atoms with Crippen LogP contribution in [0.3, 0.4) is 0 Å². The second-order valence-electron chi connectivity index (χ2n) is 9.18. The maximum Gasteiger partial charge on any atom is 0.271 e. The summed E-state index contributed by atoms with van der Waals surface area (Å²) in [5.41, 5.74) is 8.07. The summed E-state index contributed by atoms with van der Waals surface area (Å²) >= 11 is 0. The van der Waals surface area contributed by atoms with Gasteiger partial charge in [0.2, 0.25) is 0 Å². The van der Waals surface area contributed by atoms with Crippen LogP contribution in [0.15, 0.2) is 24.9 Å². The molecule has 182 valence electrons. The molecule has 1 aliphatic rings. The van der Waals surface area contributed by atoms with Gasteiger partial charge < -0.3 is 15.6 Å². The Labute approximate surface area is 199 Å². The van der Waals surface area contributed by atoms with Gasteiger partial charge in [-0.1, -0.05) is 0 Å². The third kappa shape index (κ3) is 4.19. The van der Waals surface area contributed by atoms with Gasteiger partial charge in [0, 0.05) is 24.7 Å². The molecule has 3 N–H and O–H groups in total. The van der Waals surface area contributed by atoms with Crippen molar-refractivity contribution in [1.29, 1.82) is 0 Å². The van der Waals surface area contributed by atoms with Crippen molar-refractivity contribution in [3.05, 3.63) is 42.0 Å². The Kier molecular flexibility index (Phi) is 5.45. The van der Waals surface area contributed by atoms with Crippen LogP contribution >= 0.6 is 0 Å². The number of rotatable bonds is 8. The summed E-state index contributed by atoms with van der Waals surface area (Å²) in [6.07, 6.45) is 8.43. The summed E-state index contributed by atoms with van der Waals surface area (Å²) in [5.74, 6) is -0.399. The lowest BCUT2D eigenvalue weighted by molar-refractivity contribution is 0.0996. The summed E-state index contributed by atoms with van der Waals surface area (Å²) in [5, 5.41) is 7.24. The monoisotopic (exact) mass is 481 g/mol. The third-order valence-corrected chi connectivity index (χ3v) is 6.13. The normalized spacial score (nSPS) is 15.3. The molecule has 12 heteroatoms. The Bertz CT molecular complexity index is 1440. The van der Waals surface area contributed by atoms with Gasteiger partial charge in [0.25, 0.3) is 5.91 Å². The zero-order valence-electron chi connectivity index (χ0n) is 19.6. The summed E-state index contributed by atoms with van der Waals surface area (Å²) in [6.45, 7) is 1.51. The largest absolute Gasteiger partial charge is 0.364 e. The number of halogens is 2. The molecule has 1 fully saturated rings. The molecular weight excluding hydrogens is 456 g/mol. The SMILES string of the molecule is Cc1c(Nc2nc(C3CC3)c(-c3cncc4c3ncn4C)nc2C(N)=O)cnn1CC(C)(F)CF. The van der Waals surface area contributed by atoms with Crippen molar-refractivity contribution in [1.82, 2.24) is 34.3 Å². The Morgan fingerprint density at radius 2 is 2.06 bits per heavy atom. The maximum absolute atomic E-state index is 14.2. The number of aryl methyl sites for hydroxylation is 1. The maximum atomic E-state index is 14.2. The van der Waals surface area contributed by atoms with E-state index in [1.807, 2.05) is 11.6 Å². The molecule has 4 aromatic heterocycles. The van der Waals surface area contributed by atoms with Crippen molar-refractivity contribution in [3.63, 3.8) is 0 Å². The number of nitrogens with one attached hydrogen (secondary N) is 1. The number of anilines is 2. The summed E-state index contributed by atoms with van der Waals surface area (Å²) in [4.78, 5) is 30.6. The van der Waals surface area contributed by atoms with Crippen molar-refractivity contribution in [2.75, 3.05) is 12.0 Å².